The van der Waals surface area contributed by atoms with E-state index in [1.807, 2.05) is 6.07 Å². The Morgan fingerprint density at radius 3 is 3.12 bits per heavy atom. The van der Waals surface area contributed by atoms with E-state index < -0.39 is 0 Å². The molecule has 17 heavy (non-hydrogen) atoms. The number of nitrogens with zero attached hydrogens (tertiary/aromatic N) is 1. The van der Waals surface area contributed by atoms with Crippen LogP contribution in [0, 0.1) is 0 Å². The van der Waals surface area contributed by atoms with E-state index >= 15 is 0 Å². The Labute approximate surface area is 101 Å². The van der Waals surface area contributed by atoms with Gasteiger partial charge in [0.1, 0.15) is 0 Å². The zero-order valence-electron chi connectivity index (χ0n) is 9.80. The lowest BCUT2D eigenvalue weighted by molar-refractivity contribution is -0.141. The Hall–Kier alpha value is -1.77. The Morgan fingerprint density at radius 2 is 2.29 bits per heavy atom. The molecule has 1 aromatic carbocycles. The van der Waals surface area contributed by atoms with E-state index in [1.165, 1.54) is 18.4 Å². The van der Waals surface area contributed by atoms with Crippen LogP contribution in [0.25, 0.3) is 0 Å². The van der Waals surface area contributed by atoms with Crippen LogP contribution in [0.4, 0.5) is 5.69 Å². The molecule has 0 fully saturated rings. The van der Waals surface area contributed by atoms with Crippen molar-refractivity contribution in [2.75, 3.05) is 18.6 Å². The van der Waals surface area contributed by atoms with Gasteiger partial charge >= 0.3 is 5.97 Å². The van der Waals surface area contributed by atoms with E-state index in [1.54, 1.807) is 0 Å². The summed E-state index contributed by atoms with van der Waals surface area (Å²) in [5, 5.41) is 0. The first-order chi connectivity index (χ1) is 8.31. The minimum absolute atomic E-state index is 0.132. The molecule has 0 saturated carbocycles. The maximum absolute atomic E-state index is 11.5. The normalized spacial score (nSPS) is 24.6. The maximum atomic E-state index is 11.5. The predicted octanol–water partition coefficient (Wildman–Crippen LogP) is 2.09. The molecule has 2 unspecified atom stereocenters. The number of hydrogen-bond acceptors (Lipinski definition) is 3. The van der Waals surface area contributed by atoms with Gasteiger partial charge in [0, 0.05) is 18.2 Å². The number of hydrogen-bond donors (Lipinski definition) is 0. The molecule has 2 aliphatic rings. The lowest BCUT2D eigenvalue weighted by atomic mass is 9.92. The van der Waals surface area contributed by atoms with Gasteiger partial charge in [-0.15, -0.1) is 0 Å². The molecule has 2 atom stereocenters. The lowest BCUT2D eigenvalue weighted by Gasteiger charge is -2.21. The van der Waals surface area contributed by atoms with Crippen LogP contribution in [-0.4, -0.2) is 25.7 Å². The van der Waals surface area contributed by atoms with E-state index in [2.05, 4.69) is 35.3 Å². The third-order valence-electron chi connectivity index (χ3n) is 3.67. The van der Waals surface area contributed by atoms with Gasteiger partial charge in [0.25, 0.3) is 0 Å². The zero-order chi connectivity index (χ0) is 11.8. The van der Waals surface area contributed by atoms with Crippen molar-refractivity contribution < 1.29 is 9.53 Å². The Balaban J connectivity index is 1.96. The van der Waals surface area contributed by atoms with Crippen molar-refractivity contribution in [2.24, 2.45) is 0 Å². The Morgan fingerprint density at radius 1 is 1.47 bits per heavy atom. The summed E-state index contributed by atoms with van der Waals surface area (Å²) in [6.45, 7) is 0.944. The van der Waals surface area contributed by atoms with Crippen LogP contribution in [0.5, 0.6) is 0 Å². The highest BCUT2D eigenvalue weighted by Gasteiger charge is 2.39. The molecule has 2 aliphatic heterocycles. The Kier molecular flexibility index (Phi) is 2.39. The minimum atomic E-state index is -0.132. The summed E-state index contributed by atoms with van der Waals surface area (Å²) in [7, 11) is 1.45. The van der Waals surface area contributed by atoms with Crippen molar-refractivity contribution in [2.45, 2.75) is 18.4 Å². The fraction of sp³-hybridized carbons (Fsp3) is 0.357. The van der Waals surface area contributed by atoms with Crippen LogP contribution in [-0.2, 0) is 9.53 Å². The van der Waals surface area contributed by atoms with Crippen molar-refractivity contribution in [1.29, 1.82) is 0 Å². The van der Waals surface area contributed by atoms with Crippen LogP contribution in [0.1, 0.15) is 17.9 Å². The van der Waals surface area contributed by atoms with Gasteiger partial charge in [-0.05, 0) is 11.6 Å². The minimum Gasteiger partial charge on any atom is -0.469 e. The van der Waals surface area contributed by atoms with E-state index in [0.717, 1.165) is 6.54 Å². The van der Waals surface area contributed by atoms with Gasteiger partial charge in [0.2, 0.25) is 0 Å². The van der Waals surface area contributed by atoms with Crippen LogP contribution in [0.15, 0.2) is 36.4 Å². The van der Waals surface area contributed by atoms with Gasteiger partial charge in [-0.25, -0.2) is 0 Å². The lowest BCUT2D eigenvalue weighted by Crippen LogP contribution is -2.29. The molecule has 0 spiro atoms. The molecule has 0 aromatic heterocycles. The van der Waals surface area contributed by atoms with E-state index in [-0.39, 0.29) is 11.9 Å². The van der Waals surface area contributed by atoms with E-state index in [0.29, 0.717) is 12.5 Å². The molecule has 1 aromatic rings. The molecule has 0 aliphatic carbocycles. The third kappa shape index (κ3) is 1.54. The van der Waals surface area contributed by atoms with Crippen LogP contribution < -0.4 is 4.90 Å². The maximum Gasteiger partial charge on any atom is 0.306 e. The quantitative estimate of drug-likeness (QED) is 0.574. The summed E-state index contributed by atoms with van der Waals surface area (Å²) in [6, 6.07) is 8.66. The number of esters is 1. The largest absolute Gasteiger partial charge is 0.469 e. The average Bonchev–Trinajstić information content (AvgIpc) is 2.93. The van der Waals surface area contributed by atoms with Gasteiger partial charge in [0.15, 0.2) is 0 Å². The summed E-state index contributed by atoms with van der Waals surface area (Å²) in [6.07, 6.45) is 4.83. The standard InChI is InChI=1S/C14H15NO2/c1-17-14(16)9-11-10-5-2-3-6-12(10)15-8-4-7-13(11)15/h2-7,11,13H,8-9H2,1H3. The molecular formula is C14H15NO2. The van der Waals surface area contributed by atoms with Crippen LogP contribution in [0.3, 0.4) is 0 Å². The average molecular weight is 229 g/mol. The summed E-state index contributed by atoms with van der Waals surface area (Å²) in [5.41, 5.74) is 2.53. The second-order valence-electron chi connectivity index (χ2n) is 4.52. The number of methoxy groups -OCH3 is 1. The topological polar surface area (TPSA) is 29.5 Å². The molecule has 0 N–H and O–H groups in total. The third-order valence-corrected chi connectivity index (χ3v) is 3.67. The monoisotopic (exact) mass is 229 g/mol. The number of fused-ring (bicyclic) bond motifs is 3. The highest BCUT2D eigenvalue weighted by atomic mass is 16.5. The fourth-order valence-corrected chi connectivity index (χ4v) is 2.89. The molecule has 0 bridgehead atoms. The van der Waals surface area contributed by atoms with Crippen molar-refractivity contribution in [3.8, 4) is 0 Å². The van der Waals surface area contributed by atoms with Gasteiger partial charge in [-0.2, -0.15) is 0 Å². The Bertz CT molecular complexity index is 481. The fourth-order valence-electron chi connectivity index (χ4n) is 2.89. The highest BCUT2D eigenvalue weighted by molar-refractivity contribution is 5.74. The second-order valence-corrected chi connectivity index (χ2v) is 4.52. The van der Waals surface area contributed by atoms with Gasteiger partial charge < -0.3 is 9.64 Å². The molecular weight excluding hydrogens is 214 g/mol. The molecule has 3 nitrogen and oxygen atoms in total. The van der Waals surface area contributed by atoms with E-state index in [4.69, 9.17) is 4.74 Å². The first-order valence-electron chi connectivity index (χ1n) is 5.90. The summed E-state index contributed by atoms with van der Waals surface area (Å²) >= 11 is 0. The smallest absolute Gasteiger partial charge is 0.306 e. The highest BCUT2D eigenvalue weighted by Crippen LogP contribution is 2.44. The van der Waals surface area contributed by atoms with Crippen LogP contribution in [0.2, 0.25) is 0 Å². The number of rotatable bonds is 2. The number of carbonyl (C=O) groups excluding carboxylic acids is 1. The van der Waals surface area contributed by atoms with E-state index in [9.17, 15) is 4.79 Å². The molecule has 0 saturated heterocycles. The zero-order valence-corrected chi connectivity index (χ0v) is 9.80. The van der Waals surface area contributed by atoms with Crippen molar-refractivity contribution in [3.63, 3.8) is 0 Å². The summed E-state index contributed by atoms with van der Waals surface area (Å²) in [4.78, 5) is 13.9. The van der Waals surface area contributed by atoms with Crippen molar-refractivity contribution >= 4 is 11.7 Å². The number of anilines is 1. The summed E-state index contributed by atoms with van der Waals surface area (Å²) in [5.74, 6) is 0.101. The summed E-state index contributed by atoms with van der Waals surface area (Å²) < 4.78 is 4.79. The van der Waals surface area contributed by atoms with Gasteiger partial charge in [-0.3, -0.25) is 4.79 Å². The number of para-hydroxylation sites is 1. The number of benzene rings is 1. The van der Waals surface area contributed by atoms with Crippen molar-refractivity contribution in [1.82, 2.24) is 0 Å². The molecule has 2 heterocycles. The van der Waals surface area contributed by atoms with Crippen molar-refractivity contribution in [3.05, 3.63) is 42.0 Å². The van der Waals surface area contributed by atoms with Gasteiger partial charge in [-0.1, -0.05) is 30.4 Å². The first-order valence-corrected chi connectivity index (χ1v) is 5.90. The van der Waals surface area contributed by atoms with Gasteiger partial charge in [0.05, 0.1) is 19.6 Å². The molecule has 0 radical (unpaired) electrons. The second kappa shape index (κ2) is 3.91. The first kappa shape index (κ1) is 10.4. The molecule has 88 valence electrons. The SMILES string of the molecule is COC(=O)CC1c2ccccc2N2CC=CC12. The number of ether oxygens (including phenoxy) is 1. The molecule has 0 amide bonds. The number of carbonyl (C=O) groups is 1. The predicted molar refractivity (Wildman–Crippen MR) is 66.1 cm³/mol. The molecule has 3 rings (SSSR count). The van der Waals surface area contributed by atoms with Crippen LogP contribution >= 0.6 is 0 Å². The molecule has 3 heteroatoms.